The Kier molecular flexibility index (Phi) is 7.73. The summed E-state index contributed by atoms with van der Waals surface area (Å²) in [5.74, 6) is 0.147. The second-order valence-electron chi connectivity index (χ2n) is 6.21. The molecule has 0 saturated carbocycles. The van der Waals surface area contributed by atoms with E-state index in [4.69, 9.17) is 0 Å². The highest BCUT2D eigenvalue weighted by Crippen LogP contribution is 2.19. The molecule has 0 saturated heterocycles. The van der Waals surface area contributed by atoms with Crippen molar-refractivity contribution in [3.05, 3.63) is 65.7 Å². The Labute approximate surface area is 160 Å². The van der Waals surface area contributed by atoms with Crippen LogP contribution in [0.1, 0.15) is 18.1 Å². The van der Waals surface area contributed by atoms with E-state index < -0.39 is 6.04 Å². The first-order valence-corrected chi connectivity index (χ1v) is 9.74. The van der Waals surface area contributed by atoms with Crippen molar-refractivity contribution in [2.24, 2.45) is 0 Å². The summed E-state index contributed by atoms with van der Waals surface area (Å²) in [5.41, 5.74) is 2.35. The standard InChI is InChI=1S/C21H26N2O2S/c1-16-9-11-19(12-10-16)26-15-20(24)23(17(2)21(25)22-3)14-13-18-7-5-4-6-8-18/h4-12,17H,13-15H2,1-3H3,(H,22,25). The van der Waals surface area contributed by atoms with Crippen LogP contribution in [-0.4, -0.2) is 42.1 Å². The molecule has 26 heavy (non-hydrogen) atoms. The number of aryl methyl sites for hydroxylation is 1. The van der Waals surface area contributed by atoms with Crippen LogP contribution in [0.15, 0.2) is 59.5 Å². The van der Waals surface area contributed by atoms with Crippen molar-refractivity contribution in [3.8, 4) is 0 Å². The van der Waals surface area contributed by atoms with E-state index in [1.54, 1.807) is 18.9 Å². The Morgan fingerprint density at radius 2 is 1.73 bits per heavy atom. The van der Waals surface area contributed by atoms with E-state index in [1.807, 2.05) is 61.5 Å². The van der Waals surface area contributed by atoms with Crippen molar-refractivity contribution >= 4 is 23.6 Å². The van der Waals surface area contributed by atoms with Crippen molar-refractivity contribution in [1.82, 2.24) is 10.2 Å². The van der Waals surface area contributed by atoms with Gasteiger partial charge in [-0.05, 0) is 38.0 Å². The van der Waals surface area contributed by atoms with Gasteiger partial charge >= 0.3 is 0 Å². The highest BCUT2D eigenvalue weighted by molar-refractivity contribution is 8.00. The lowest BCUT2D eigenvalue weighted by Crippen LogP contribution is -2.48. The van der Waals surface area contributed by atoms with Gasteiger partial charge in [0.05, 0.1) is 5.75 Å². The van der Waals surface area contributed by atoms with Gasteiger partial charge in [-0.1, -0.05) is 48.0 Å². The molecule has 0 heterocycles. The van der Waals surface area contributed by atoms with Gasteiger partial charge in [-0.3, -0.25) is 9.59 Å². The van der Waals surface area contributed by atoms with Crippen LogP contribution in [0.25, 0.3) is 0 Å². The number of benzene rings is 2. The molecule has 0 aliphatic heterocycles. The van der Waals surface area contributed by atoms with E-state index in [1.165, 1.54) is 17.3 Å². The fourth-order valence-electron chi connectivity index (χ4n) is 2.64. The molecule has 2 aromatic rings. The van der Waals surface area contributed by atoms with E-state index in [0.29, 0.717) is 12.3 Å². The van der Waals surface area contributed by atoms with Crippen molar-refractivity contribution in [2.45, 2.75) is 31.2 Å². The van der Waals surface area contributed by atoms with E-state index in [-0.39, 0.29) is 11.8 Å². The van der Waals surface area contributed by atoms with Gasteiger partial charge in [0.1, 0.15) is 6.04 Å². The fourth-order valence-corrected chi connectivity index (χ4v) is 3.43. The van der Waals surface area contributed by atoms with Crippen LogP contribution in [0.2, 0.25) is 0 Å². The molecule has 0 aliphatic carbocycles. The fraction of sp³-hybridized carbons (Fsp3) is 0.333. The number of nitrogens with zero attached hydrogens (tertiary/aromatic N) is 1. The average molecular weight is 371 g/mol. The smallest absolute Gasteiger partial charge is 0.242 e. The summed E-state index contributed by atoms with van der Waals surface area (Å²) in [6, 6.07) is 17.6. The largest absolute Gasteiger partial charge is 0.357 e. The van der Waals surface area contributed by atoms with Gasteiger partial charge in [0.25, 0.3) is 0 Å². The summed E-state index contributed by atoms with van der Waals surface area (Å²) >= 11 is 1.50. The highest BCUT2D eigenvalue weighted by Gasteiger charge is 2.24. The monoisotopic (exact) mass is 370 g/mol. The molecule has 0 aromatic heterocycles. The van der Waals surface area contributed by atoms with Crippen LogP contribution in [0.3, 0.4) is 0 Å². The van der Waals surface area contributed by atoms with Crippen molar-refractivity contribution in [1.29, 1.82) is 0 Å². The van der Waals surface area contributed by atoms with Gasteiger partial charge in [-0.15, -0.1) is 11.8 Å². The Bertz CT molecular complexity index is 717. The summed E-state index contributed by atoms with van der Waals surface area (Å²) in [7, 11) is 1.60. The normalized spacial score (nSPS) is 11.7. The topological polar surface area (TPSA) is 49.4 Å². The van der Waals surface area contributed by atoms with Gasteiger partial charge in [0.2, 0.25) is 11.8 Å². The predicted molar refractivity (Wildman–Crippen MR) is 107 cm³/mol. The second-order valence-corrected chi connectivity index (χ2v) is 7.26. The minimum Gasteiger partial charge on any atom is -0.357 e. The van der Waals surface area contributed by atoms with Crippen LogP contribution in [0.4, 0.5) is 0 Å². The molecule has 4 nitrogen and oxygen atoms in total. The van der Waals surface area contributed by atoms with Crippen LogP contribution in [0, 0.1) is 6.92 Å². The first-order chi connectivity index (χ1) is 12.5. The van der Waals surface area contributed by atoms with Gasteiger partial charge < -0.3 is 10.2 Å². The SMILES string of the molecule is CNC(=O)C(C)N(CCc1ccccc1)C(=O)CSc1ccc(C)cc1. The Hall–Kier alpha value is -2.27. The molecule has 5 heteroatoms. The third kappa shape index (κ3) is 5.92. The minimum absolute atomic E-state index is 0.0254. The molecule has 0 fully saturated rings. The maximum atomic E-state index is 12.8. The van der Waals surface area contributed by atoms with Crippen LogP contribution in [0.5, 0.6) is 0 Å². The average Bonchev–Trinajstić information content (AvgIpc) is 2.67. The third-order valence-electron chi connectivity index (χ3n) is 4.28. The lowest BCUT2D eigenvalue weighted by Gasteiger charge is -2.28. The Morgan fingerprint density at radius 1 is 1.08 bits per heavy atom. The number of thioether (sulfide) groups is 1. The van der Waals surface area contributed by atoms with E-state index in [0.717, 1.165) is 16.9 Å². The highest BCUT2D eigenvalue weighted by atomic mass is 32.2. The molecular weight excluding hydrogens is 344 g/mol. The molecule has 138 valence electrons. The quantitative estimate of drug-likeness (QED) is 0.726. The maximum Gasteiger partial charge on any atom is 0.242 e. The Morgan fingerprint density at radius 3 is 2.35 bits per heavy atom. The molecule has 0 aliphatic rings. The van der Waals surface area contributed by atoms with Crippen LogP contribution < -0.4 is 5.32 Å². The van der Waals surface area contributed by atoms with Crippen LogP contribution >= 0.6 is 11.8 Å². The van der Waals surface area contributed by atoms with Crippen molar-refractivity contribution in [2.75, 3.05) is 19.3 Å². The third-order valence-corrected chi connectivity index (χ3v) is 5.28. The molecule has 0 bridgehead atoms. The predicted octanol–water partition coefficient (Wildman–Crippen LogP) is 3.29. The minimum atomic E-state index is -0.491. The molecule has 2 rings (SSSR count). The summed E-state index contributed by atoms with van der Waals surface area (Å²) in [4.78, 5) is 27.6. The Balaban J connectivity index is 2.02. The number of nitrogens with one attached hydrogen (secondary N) is 1. The number of hydrogen-bond donors (Lipinski definition) is 1. The van der Waals surface area contributed by atoms with Crippen LogP contribution in [-0.2, 0) is 16.0 Å². The zero-order chi connectivity index (χ0) is 18.9. The summed E-state index contributed by atoms with van der Waals surface area (Å²) in [6.07, 6.45) is 0.725. The number of rotatable bonds is 8. The maximum absolute atomic E-state index is 12.8. The second kappa shape index (κ2) is 10.0. The summed E-state index contributed by atoms with van der Waals surface area (Å²) < 4.78 is 0. The lowest BCUT2D eigenvalue weighted by atomic mass is 10.1. The molecule has 0 spiro atoms. The van der Waals surface area contributed by atoms with Crippen molar-refractivity contribution < 1.29 is 9.59 Å². The molecule has 0 radical (unpaired) electrons. The molecule has 1 unspecified atom stereocenters. The zero-order valence-electron chi connectivity index (χ0n) is 15.6. The van der Waals surface area contributed by atoms with E-state index in [2.05, 4.69) is 5.32 Å². The van der Waals surface area contributed by atoms with E-state index in [9.17, 15) is 9.59 Å². The first kappa shape index (κ1) is 20.0. The number of hydrogen-bond acceptors (Lipinski definition) is 3. The van der Waals surface area contributed by atoms with Gasteiger partial charge in [-0.2, -0.15) is 0 Å². The number of carbonyl (C=O) groups is 2. The number of carbonyl (C=O) groups excluding carboxylic acids is 2. The first-order valence-electron chi connectivity index (χ1n) is 8.75. The molecule has 2 amide bonds. The molecule has 1 N–H and O–H groups in total. The van der Waals surface area contributed by atoms with Gasteiger partial charge in [0.15, 0.2) is 0 Å². The van der Waals surface area contributed by atoms with Crippen molar-refractivity contribution in [3.63, 3.8) is 0 Å². The zero-order valence-corrected chi connectivity index (χ0v) is 16.4. The number of amides is 2. The number of likely N-dealkylation sites (N-methyl/N-ethyl adjacent to an activating group) is 1. The van der Waals surface area contributed by atoms with E-state index >= 15 is 0 Å². The lowest BCUT2D eigenvalue weighted by molar-refractivity contribution is -0.137. The molecular formula is C21H26N2O2S. The summed E-state index contributed by atoms with van der Waals surface area (Å²) in [5, 5.41) is 2.64. The molecule has 2 aromatic carbocycles. The van der Waals surface area contributed by atoms with Gasteiger partial charge in [0, 0.05) is 18.5 Å². The molecule has 1 atom stereocenters. The summed E-state index contributed by atoms with van der Waals surface area (Å²) in [6.45, 7) is 4.33. The van der Waals surface area contributed by atoms with Gasteiger partial charge in [-0.25, -0.2) is 0 Å².